The molecule has 1 fully saturated rings. The van der Waals surface area contributed by atoms with Gasteiger partial charge in [0.25, 0.3) is 0 Å². The first kappa shape index (κ1) is 35.3. The predicted octanol–water partition coefficient (Wildman–Crippen LogP) is 4.48. The van der Waals surface area contributed by atoms with Gasteiger partial charge >= 0.3 is 6.09 Å². The van der Waals surface area contributed by atoms with Gasteiger partial charge in [-0.25, -0.2) is 19.7 Å². The highest BCUT2D eigenvalue weighted by atomic mass is 16.5. The molecule has 0 radical (unpaired) electrons. The molecule has 1 aliphatic heterocycles. The smallest absolute Gasteiger partial charge is 0.407 e. The second-order valence-electron chi connectivity index (χ2n) is 13.2. The lowest BCUT2D eigenvalue weighted by atomic mass is 10.0. The molecule has 1 saturated heterocycles. The molecular formula is C37H46N10O4. The normalized spacial score (nSPS) is 15.0. The summed E-state index contributed by atoms with van der Waals surface area (Å²) < 4.78 is 6.76. The minimum Gasteiger partial charge on any atom is -0.453 e. The van der Waals surface area contributed by atoms with Gasteiger partial charge in [-0.1, -0.05) is 38.1 Å². The number of hydrogen-bond donors (Lipinski definition) is 5. The van der Waals surface area contributed by atoms with Crippen molar-refractivity contribution in [3.05, 3.63) is 72.8 Å². The van der Waals surface area contributed by atoms with Gasteiger partial charge in [-0.05, 0) is 56.3 Å². The lowest BCUT2D eigenvalue weighted by Crippen LogP contribution is -2.51. The van der Waals surface area contributed by atoms with Gasteiger partial charge in [0.2, 0.25) is 11.8 Å². The van der Waals surface area contributed by atoms with Crippen molar-refractivity contribution in [2.45, 2.75) is 58.0 Å². The standard InChI is InChI=1S/C37H46N10O4/c1-23(2)34(45-37(50)51-4)36(49)47-16-7-8-30(47)35-41-20-27(44-35)24-10-12-25(13-11-24)29-22-46-17-14-26(18-32(46)43-29)28-19-40-31(42-28)9-5-6-15-39-33(48)21-38-3/h10-14,17-20,22-23,30,34,38H,5-9,15-16,21H2,1-4H3,(H,39,48)(H,40,42)(H,41,44)(H,45,50). The molecule has 5 aromatic rings. The zero-order chi connectivity index (χ0) is 35.9. The lowest BCUT2D eigenvalue weighted by molar-refractivity contribution is -0.135. The Balaban J connectivity index is 1.09. The fourth-order valence-electron chi connectivity index (χ4n) is 6.46. The number of unbranched alkanes of at least 4 members (excludes halogenated alkanes) is 1. The van der Waals surface area contributed by atoms with Gasteiger partial charge in [-0.15, -0.1) is 0 Å². The molecule has 0 spiro atoms. The number of aromatic nitrogens is 6. The molecule has 0 aliphatic carbocycles. The van der Waals surface area contributed by atoms with E-state index >= 15 is 0 Å². The molecule has 2 unspecified atom stereocenters. The van der Waals surface area contributed by atoms with Gasteiger partial charge in [0.05, 0.1) is 49.2 Å². The fraction of sp³-hybridized carbons (Fsp3) is 0.405. The molecule has 1 aromatic carbocycles. The third-order valence-electron chi connectivity index (χ3n) is 9.23. The molecule has 268 valence electrons. The number of H-pyrrole nitrogens is 2. The van der Waals surface area contributed by atoms with Crippen LogP contribution in [0, 0.1) is 5.92 Å². The van der Waals surface area contributed by atoms with Crippen LogP contribution in [0.15, 0.2) is 61.2 Å². The Morgan fingerprint density at radius 1 is 1.00 bits per heavy atom. The summed E-state index contributed by atoms with van der Waals surface area (Å²) in [5, 5.41) is 8.44. The van der Waals surface area contributed by atoms with Gasteiger partial charge in [-0.3, -0.25) is 9.59 Å². The number of likely N-dealkylation sites (N-methyl/N-ethyl adjacent to an activating group) is 1. The summed E-state index contributed by atoms with van der Waals surface area (Å²) in [4.78, 5) is 59.8. The van der Waals surface area contributed by atoms with Gasteiger partial charge in [0.15, 0.2) is 0 Å². The minimum atomic E-state index is -0.679. The number of aryl methyl sites for hydroxylation is 1. The van der Waals surface area contributed by atoms with Crippen LogP contribution in [-0.2, 0) is 20.7 Å². The first-order chi connectivity index (χ1) is 24.7. The molecule has 14 nitrogen and oxygen atoms in total. The van der Waals surface area contributed by atoms with Crippen LogP contribution in [0.1, 0.15) is 57.2 Å². The summed E-state index contributed by atoms with van der Waals surface area (Å²) in [6, 6.07) is 11.4. The first-order valence-electron chi connectivity index (χ1n) is 17.5. The quantitative estimate of drug-likeness (QED) is 0.106. The van der Waals surface area contributed by atoms with Crippen molar-refractivity contribution < 1.29 is 19.1 Å². The van der Waals surface area contributed by atoms with Crippen LogP contribution >= 0.6 is 0 Å². The van der Waals surface area contributed by atoms with E-state index in [1.807, 2.05) is 78.1 Å². The van der Waals surface area contributed by atoms with Gasteiger partial charge in [0.1, 0.15) is 23.3 Å². The maximum Gasteiger partial charge on any atom is 0.407 e. The first-order valence-corrected chi connectivity index (χ1v) is 17.5. The van der Waals surface area contributed by atoms with E-state index in [1.54, 1.807) is 13.2 Å². The molecule has 4 aromatic heterocycles. The number of carbonyl (C=O) groups excluding carboxylic acids is 3. The van der Waals surface area contributed by atoms with Crippen molar-refractivity contribution in [2.75, 3.05) is 33.8 Å². The van der Waals surface area contributed by atoms with Gasteiger partial charge in [0, 0.05) is 43.0 Å². The predicted molar refractivity (Wildman–Crippen MR) is 194 cm³/mol. The fourth-order valence-corrected chi connectivity index (χ4v) is 6.46. The van der Waals surface area contributed by atoms with E-state index in [4.69, 9.17) is 9.72 Å². The van der Waals surface area contributed by atoms with Crippen LogP contribution in [0.25, 0.3) is 39.4 Å². The number of methoxy groups -OCH3 is 1. The molecule has 14 heteroatoms. The molecule has 5 N–H and O–H groups in total. The van der Waals surface area contributed by atoms with Crippen LogP contribution in [0.4, 0.5) is 4.79 Å². The zero-order valence-electron chi connectivity index (χ0n) is 29.5. The number of imidazole rings is 3. The number of pyridine rings is 1. The highest BCUT2D eigenvalue weighted by Crippen LogP contribution is 2.33. The summed E-state index contributed by atoms with van der Waals surface area (Å²) in [6.07, 6.45) is 11.3. The number of ether oxygens (including phenoxy) is 1. The molecule has 3 amide bonds. The summed E-state index contributed by atoms with van der Waals surface area (Å²) in [5.41, 5.74) is 6.45. The SMILES string of the molecule is CNCC(=O)NCCCCc1ncc(-c2ccn3cc(-c4ccc(-c5cnc(C6CCCN6C(=O)C(NC(=O)OC)C(C)C)[nH]5)cc4)nc3c2)[nH]1. The van der Waals surface area contributed by atoms with Crippen molar-refractivity contribution in [3.63, 3.8) is 0 Å². The number of likely N-dealkylation sites (tertiary alicyclic amines) is 1. The van der Waals surface area contributed by atoms with E-state index in [0.29, 0.717) is 19.6 Å². The van der Waals surface area contributed by atoms with Crippen LogP contribution < -0.4 is 16.0 Å². The van der Waals surface area contributed by atoms with Crippen molar-refractivity contribution in [3.8, 4) is 33.8 Å². The van der Waals surface area contributed by atoms with E-state index in [-0.39, 0.29) is 23.8 Å². The molecule has 5 heterocycles. The summed E-state index contributed by atoms with van der Waals surface area (Å²) in [6.45, 7) is 5.39. The molecule has 1 aliphatic rings. The van der Waals surface area contributed by atoms with Crippen LogP contribution in [0.3, 0.4) is 0 Å². The van der Waals surface area contributed by atoms with Crippen LogP contribution in [0.5, 0.6) is 0 Å². The average Bonchev–Trinajstić information content (AvgIpc) is 3.96. The van der Waals surface area contributed by atoms with E-state index in [2.05, 4.69) is 35.9 Å². The number of carbonyl (C=O) groups is 3. The number of alkyl carbamates (subject to hydrolysis) is 1. The van der Waals surface area contributed by atoms with Gasteiger partial charge in [-0.2, -0.15) is 0 Å². The third kappa shape index (κ3) is 8.28. The molecule has 2 atom stereocenters. The molecule has 6 rings (SSSR count). The van der Waals surface area contributed by atoms with E-state index in [1.165, 1.54) is 7.11 Å². The maximum atomic E-state index is 13.5. The Morgan fingerprint density at radius 2 is 1.76 bits per heavy atom. The second kappa shape index (κ2) is 16.0. The van der Waals surface area contributed by atoms with Crippen molar-refractivity contribution >= 4 is 23.6 Å². The Hall–Kier alpha value is -5.50. The summed E-state index contributed by atoms with van der Waals surface area (Å²) in [5.74, 6) is 1.42. The van der Waals surface area contributed by atoms with E-state index in [0.717, 1.165) is 83.2 Å². The van der Waals surface area contributed by atoms with Crippen LogP contribution in [-0.4, -0.2) is 92.0 Å². The number of rotatable bonds is 14. The minimum absolute atomic E-state index is 0.00703. The average molecular weight is 695 g/mol. The number of benzene rings is 1. The monoisotopic (exact) mass is 694 g/mol. The number of nitrogens with one attached hydrogen (secondary N) is 5. The number of amides is 3. The highest BCUT2D eigenvalue weighted by Gasteiger charge is 2.37. The Bertz CT molecular complexity index is 1960. The van der Waals surface area contributed by atoms with Crippen molar-refractivity contribution in [2.24, 2.45) is 5.92 Å². The maximum absolute atomic E-state index is 13.5. The molecule has 0 saturated carbocycles. The van der Waals surface area contributed by atoms with E-state index < -0.39 is 12.1 Å². The Morgan fingerprint density at radius 3 is 2.53 bits per heavy atom. The number of fused-ring (bicyclic) bond motifs is 1. The van der Waals surface area contributed by atoms with Gasteiger partial charge < -0.3 is 40.0 Å². The number of aromatic amines is 2. The van der Waals surface area contributed by atoms with Crippen LogP contribution in [0.2, 0.25) is 0 Å². The van der Waals surface area contributed by atoms with Crippen molar-refractivity contribution in [1.82, 2.24) is 50.2 Å². The number of hydrogen-bond acceptors (Lipinski definition) is 8. The topological polar surface area (TPSA) is 174 Å². The Labute approximate surface area is 296 Å². The second-order valence-corrected chi connectivity index (χ2v) is 13.2. The molecular weight excluding hydrogens is 648 g/mol. The largest absolute Gasteiger partial charge is 0.453 e. The summed E-state index contributed by atoms with van der Waals surface area (Å²) in [7, 11) is 3.05. The zero-order valence-corrected chi connectivity index (χ0v) is 29.5. The number of nitrogens with zero attached hydrogens (tertiary/aromatic N) is 5. The highest BCUT2D eigenvalue weighted by molar-refractivity contribution is 5.86. The Kier molecular flexibility index (Phi) is 11.1. The molecule has 51 heavy (non-hydrogen) atoms. The summed E-state index contributed by atoms with van der Waals surface area (Å²) >= 11 is 0. The van der Waals surface area contributed by atoms with E-state index in [9.17, 15) is 14.4 Å². The molecule has 0 bridgehead atoms. The third-order valence-corrected chi connectivity index (χ3v) is 9.23. The van der Waals surface area contributed by atoms with Crippen molar-refractivity contribution in [1.29, 1.82) is 0 Å². The lowest BCUT2D eigenvalue weighted by Gasteiger charge is -2.30.